The summed E-state index contributed by atoms with van der Waals surface area (Å²) in [6.07, 6.45) is 1.73. The smallest absolute Gasteiger partial charge is 0.316 e. The molecule has 0 saturated carbocycles. The van der Waals surface area contributed by atoms with Crippen molar-refractivity contribution in [3.05, 3.63) is 60.4 Å². The van der Waals surface area contributed by atoms with E-state index in [1.165, 1.54) is 0 Å². The van der Waals surface area contributed by atoms with E-state index in [1.807, 2.05) is 59.1 Å². The molecule has 0 spiro atoms. The molecule has 1 saturated heterocycles. The first-order chi connectivity index (χ1) is 13.6. The van der Waals surface area contributed by atoms with Crippen LogP contribution in [0.5, 0.6) is 0 Å². The molecule has 142 valence electrons. The van der Waals surface area contributed by atoms with Crippen LogP contribution in [0.2, 0.25) is 0 Å². The molecule has 1 aliphatic heterocycles. The van der Waals surface area contributed by atoms with Crippen LogP contribution in [-0.2, 0) is 0 Å². The highest BCUT2D eigenvalue weighted by Crippen LogP contribution is 2.33. The van der Waals surface area contributed by atoms with Crippen molar-refractivity contribution in [1.82, 2.24) is 9.88 Å². The van der Waals surface area contributed by atoms with Gasteiger partial charge in [-0.2, -0.15) is 11.8 Å². The number of nitrogens with zero attached hydrogens (tertiary/aromatic N) is 2. The number of amides is 3. The van der Waals surface area contributed by atoms with Gasteiger partial charge in [0.25, 0.3) is 5.91 Å². The molecule has 2 heterocycles. The Morgan fingerprint density at radius 2 is 1.75 bits per heavy atom. The predicted molar refractivity (Wildman–Crippen MR) is 114 cm³/mol. The molecule has 0 radical (unpaired) electrons. The highest BCUT2D eigenvalue weighted by Gasteiger charge is 2.19. The summed E-state index contributed by atoms with van der Waals surface area (Å²) >= 11 is 1.87. The van der Waals surface area contributed by atoms with E-state index in [0.717, 1.165) is 46.5 Å². The van der Waals surface area contributed by atoms with Crippen molar-refractivity contribution in [2.24, 2.45) is 5.73 Å². The fraction of sp³-hybridized carbons (Fsp3) is 0.190. The molecule has 0 bridgehead atoms. The van der Waals surface area contributed by atoms with E-state index >= 15 is 0 Å². The Bertz CT molecular complexity index is 1030. The molecule has 28 heavy (non-hydrogen) atoms. The zero-order valence-electron chi connectivity index (χ0n) is 15.2. The van der Waals surface area contributed by atoms with Gasteiger partial charge in [0, 0.05) is 41.7 Å². The van der Waals surface area contributed by atoms with Gasteiger partial charge in [-0.25, -0.2) is 4.79 Å². The van der Waals surface area contributed by atoms with E-state index in [-0.39, 0.29) is 5.91 Å². The minimum Gasteiger partial charge on any atom is -0.351 e. The topological polar surface area (TPSA) is 88.3 Å². The van der Waals surface area contributed by atoms with Gasteiger partial charge >= 0.3 is 6.03 Å². The van der Waals surface area contributed by atoms with Crippen molar-refractivity contribution in [3.63, 3.8) is 0 Å². The number of urea groups is 1. The highest BCUT2D eigenvalue weighted by molar-refractivity contribution is 7.99. The predicted octanol–water partition coefficient (Wildman–Crippen LogP) is 3.58. The summed E-state index contributed by atoms with van der Waals surface area (Å²) in [6, 6.07) is 14.6. The highest BCUT2D eigenvalue weighted by atomic mass is 32.2. The van der Waals surface area contributed by atoms with E-state index in [1.54, 1.807) is 12.3 Å². The second-order valence-corrected chi connectivity index (χ2v) is 7.76. The van der Waals surface area contributed by atoms with E-state index in [0.29, 0.717) is 11.4 Å². The summed E-state index contributed by atoms with van der Waals surface area (Å²) in [4.78, 5) is 30.2. The fourth-order valence-electron chi connectivity index (χ4n) is 3.40. The first kappa shape index (κ1) is 18.3. The Morgan fingerprint density at radius 3 is 2.43 bits per heavy atom. The number of rotatable bonds is 3. The van der Waals surface area contributed by atoms with Gasteiger partial charge in [-0.05, 0) is 23.1 Å². The second kappa shape index (κ2) is 7.90. The summed E-state index contributed by atoms with van der Waals surface area (Å²) in [5.41, 5.74) is 8.29. The van der Waals surface area contributed by atoms with Gasteiger partial charge in [0.05, 0.1) is 5.69 Å². The van der Waals surface area contributed by atoms with Crippen LogP contribution in [-0.4, -0.2) is 46.4 Å². The third-order valence-electron chi connectivity index (χ3n) is 4.77. The van der Waals surface area contributed by atoms with Crippen LogP contribution < -0.4 is 11.1 Å². The number of primary amides is 1. The van der Waals surface area contributed by atoms with Crippen LogP contribution in [0.25, 0.3) is 21.9 Å². The van der Waals surface area contributed by atoms with Crippen molar-refractivity contribution in [2.45, 2.75) is 0 Å². The lowest BCUT2D eigenvalue weighted by atomic mass is 9.98. The van der Waals surface area contributed by atoms with Crippen molar-refractivity contribution in [3.8, 4) is 11.1 Å². The quantitative estimate of drug-likeness (QED) is 0.713. The number of pyridine rings is 1. The van der Waals surface area contributed by atoms with Crippen LogP contribution in [0.1, 0.15) is 10.5 Å². The zero-order valence-corrected chi connectivity index (χ0v) is 16.0. The van der Waals surface area contributed by atoms with Gasteiger partial charge in [-0.3, -0.25) is 9.78 Å². The molecule has 0 atom stereocenters. The van der Waals surface area contributed by atoms with Gasteiger partial charge in [0.2, 0.25) is 0 Å². The van der Waals surface area contributed by atoms with Crippen molar-refractivity contribution in [2.75, 3.05) is 29.9 Å². The molecule has 1 fully saturated rings. The molecule has 3 amide bonds. The lowest BCUT2D eigenvalue weighted by Crippen LogP contribution is -2.38. The largest absolute Gasteiger partial charge is 0.351 e. The van der Waals surface area contributed by atoms with Crippen molar-refractivity contribution >= 4 is 40.2 Å². The average Bonchev–Trinajstić information content (AvgIpc) is 2.74. The maximum absolute atomic E-state index is 12.6. The molecule has 3 N–H and O–H groups in total. The summed E-state index contributed by atoms with van der Waals surface area (Å²) in [5.74, 6) is 1.93. The van der Waals surface area contributed by atoms with Crippen LogP contribution in [0.3, 0.4) is 0 Å². The second-order valence-electron chi connectivity index (χ2n) is 6.53. The molecule has 1 aliphatic rings. The minimum absolute atomic E-state index is 0.0160. The molecule has 1 aromatic heterocycles. The maximum Gasteiger partial charge on any atom is 0.316 e. The van der Waals surface area contributed by atoms with Gasteiger partial charge in [-0.1, -0.05) is 36.4 Å². The third kappa shape index (κ3) is 3.66. The molecule has 7 heteroatoms. The van der Waals surface area contributed by atoms with Crippen molar-refractivity contribution in [1.29, 1.82) is 0 Å². The Hall–Kier alpha value is -3.06. The maximum atomic E-state index is 12.6. The molecular weight excluding hydrogens is 372 g/mol. The van der Waals surface area contributed by atoms with Gasteiger partial charge in [-0.15, -0.1) is 0 Å². The zero-order chi connectivity index (χ0) is 19.5. The van der Waals surface area contributed by atoms with Gasteiger partial charge in [0.15, 0.2) is 0 Å². The lowest BCUT2D eigenvalue weighted by molar-refractivity contribution is 0.0766. The van der Waals surface area contributed by atoms with E-state index in [4.69, 9.17) is 5.73 Å². The first-order valence-corrected chi connectivity index (χ1v) is 10.2. The van der Waals surface area contributed by atoms with E-state index in [2.05, 4.69) is 10.3 Å². The minimum atomic E-state index is -0.599. The molecule has 0 unspecified atom stereocenters. The summed E-state index contributed by atoms with van der Waals surface area (Å²) in [6.45, 7) is 1.54. The van der Waals surface area contributed by atoms with E-state index < -0.39 is 6.03 Å². The van der Waals surface area contributed by atoms with Crippen LogP contribution in [0, 0.1) is 0 Å². The average molecular weight is 392 g/mol. The van der Waals surface area contributed by atoms with Crippen LogP contribution in [0.4, 0.5) is 10.5 Å². The molecule has 6 nitrogen and oxygen atoms in total. The fourth-order valence-corrected chi connectivity index (χ4v) is 4.30. The van der Waals surface area contributed by atoms with Crippen LogP contribution in [0.15, 0.2) is 54.7 Å². The first-order valence-electron chi connectivity index (χ1n) is 9.05. The Balaban J connectivity index is 1.67. The Kier molecular flexibility index (Phi) is 5.16. The molecule has 0 aliphatic carbocycles. The number of carbonyl (C=O) groups is 2. The normalized spacial score (nSPS) is 14.1. The number of aromatic nitrogens is 1. The number of hydrogen-bond acceptors (Lipinski definition) is 4. The number of anilines is 1. The number of nitrogens with two attached hydrogens (primary N) is 1. The standard InChI is InChI=1S/C21H20N4O2S/c22-21(27)24-18-8-6-15(16-3-1-2-4-17(16)18)14-5-7-19(23-13-14)20(26)25-9-11-28-12-10-25/h1-8,13H,9-12H2,(H3,22,24,27). The molecular formula is C21H20N4O2S. The summed E-state index contributed by atoms with van der Waals surface area (Å²) < 4.78 is 0. The van der Waals surface area contributed by atoms with Gasteiger partial charge < -0.3 is 16.0 Å². The number of fused-ring (bicyclic) bond motifs is 1. The van der Waals surface area contributed by atoms with E-state index in [9.17, 15) is 9.59 Å². The number of nitrogens with one attached hydrogen (secondary N) is 1. The van der Waals surface area contributed by atoms with Gasteiger partial charge in [0.1, 0.15) is 5.69 Å². The van der Waals surface area contributed by atoms with Crippen molar-refractivity contribution < 1.29 is 9.59 Å². The lowest BCUT2D eigenvalue weighted by Gasteiger charge is -2.26. The molecule has 4 rings (SSSR count). The number of carbonyl (C=O) groups excluding carboxylic acids is 2. The number of hydrogen-bond donors (Lipinski definition) is 2. The third-order valence-corrected chi connectivity index (χ3v) is 5.72. The van der Waals surface area contributed by atoms with Crippen LogP contribution >= 0.6 is 11.8 Å². The summed E-state index contributed by atoms with van der Waals surface area (Å²) in [5, 5.41) is 4.53. The number of benzene rings is 2. The molecule has 3 aromatic rings. The number of thioether (sulfide) groups is 1. The Morgan fingerprint density at radius 1 is 1.00 bits per heavy atom. The molecule has 2 aromatic carbocycles. The SMILES string of the molecule is NC(=O)Nc1ccc(-c2ccc(C(=O)N3CCSCC3)nc2)c2ccccc12. The Labute approximate surface area is 167 Å². The monoisotopic (exact) mass is 392 g/mol. The summed E-state index contributed by atoms with van der Waals surface area (Å²) in [7, 11) is 0.